The molecule has 0 unspecified atom stereocenters. The topological polar surface area (TPSA) is 35.5 Å². The first-order chi connectivity index (χ1) is 8.52. The van der Waals surface area contributed by atoms with Gasteiger partial charge in [0.05, 0.1) is 13.7 Å². The van der Waals surface area contributed by atoms with Gasteiger partial charge in [-0.3, -0.25) is 4.79 Å². The predicted octanol–water partition coefficient (Wildman–Crippen LogP) is 3.33. The van der Waals surface area contributed by atoms with E-state index in [0.717, 1.165) is 5.56 Å². The Kier molecular flexibility index (Phi) is 5.43. The summed E-state index contributed by atoms with van der Waals surface area (Å²) in [6.45, 7) is 6.34. The molecule has 3 nitrogen and oxygen atoms in total. The van der Waals surface area contributed by atoms with Gasteiger partial charge in [-0.25, -0.2) is 0 Å². The largest absolute Gasteiger partial charge is 0.493 e. The molecule has 0 aliphatic carbocycles. The Labute approximate surface area is 108 Å². The van der Waals surface area contributed by atoms with E-state index in [9.17, 15) is 4.79 Å². The summed E-state index contributed by atoms with van der Waals surface area (Å²) in [6.07, 6.45) is 3.30. The van der Waals surface area contributed by atoms with Crippen LogP contribution in [0.5, 0.6) is 11.5 Å². The van der Waals surface area contributed by atoms with Crippen LogP contribution in [0, 0.1) is 5.92 Å². The van der Waals surface area contributed by atoms with Gasteiger partial charge < -0.3 is 9.47 Å². The summed E-state index contributed by atoms with van der Waals surface area (Å²) in [5.41, 5.74) is 0.921. The third-order valence-corrected chi connectivity index (χ3v) is 2.27. The average Bonchev–Trinajstić information content (AvgIpc) is 2.33. The fourth-order valence-electron chi connectivity index (χ4n) is 1.38. The molecule has 0 saturated carbocycles. The molecule has 98 valence electrons. The normalized spacial score (nSPS) is 10.9. The highest BCUT2D eigenvalue weighted by Crippen LogP contribution is 2.28. The quantitative estimate of drug-likeness (QED) is 0.724. The first kappa shape index (κ1) is 14.3. The lowest BCUT2D eigenvalue weighted by molar-refractivity contribution is -0.112. The van der Waals surface area contributed by atoms with E-state index in [1.807, 2.05) is 18.2 Å². The Morgan fingerprint density at radius 2 is 2.06 bits per heavy atom. The molecule has 1 aromatic carbocycles. The van der Waals surface area contributed by atoms with Crippen LogP contribution in [0.3, 0.4) is 0 Å². The van der Waals surface area contributed by atoms with Crippen molar-refractivity contribution in [2.24, 2.45) is 5.92 Å². The summed E-state index contributed by atoms with van der Waals surface area (Å²) in [7, 11) is 1.61. The molecule has 1 rings (SSSR count). The molecule has 0 amide bonds. The van der Waals surface area contributed by atoms with E-state index in [1.54, 1.807) is 13.2 Å². The van der Waals surface area contributed by atoms with Gasteiger partial charge in [0.25, 0.3) is 0 Å². The van der Waals surface area contributed by atoms with Crippen molar-refractivity contribution in [2.45, 2.75) is 20.8 Å². The summed E-state index contributed by atoms with van der Waals surface area (Å²) in [5, 5.41) is 0. The van der Waals surface area contributed by atoms with Crippen LogP contribution in [0.2, 0.25) is 0 Å². The van der Waals surface area contributed by atoms with Crippen LogP contribution < -0.4 is 9.47 Å². The van der Waals surface area contributed by atoms with Gasteiger partial charge in [-0.15, -0.1) is 0 Å². The molecule has 0 heterocycles. The van der Waals surface area contributed by atoms with Crippen molar-refractivity contribution < 1.29 is 14.3 Å². The fraction of sp³-hybridized carbons (Fsp3) is 0.400. The maximum Gasteiger partial charge on any atom is 0.161 e. The minimum atomic E-state index is 0.0236. The molecular formula is C15H20O3. The lowest BCUT2D eigenvalue weighted by Crippen LogP contribution is -2.05. The van der Waals surface area contributed by atoms with Crippen LogP contribution in [0.1, 0.15) is 26.3 Å². The smallest absolute Gasteiger partial charge is 0.161 e. The van der Waals surface area contributed by atoms with Crippen molar-refractivity contribution in [1.82, 2.24) is 0 Å². The number of hydrogen-bond donors (Lipinski definition) is 0. The average molecular weight is 248 g/mol. The minimum Gasteiger partial charge on any atom is -0.493 e. The van der Waals surface area contributed by atoms with E-state index in [0.29, 0.717) is 24.0 Å². The predicted molar refractivity (Wildman–Crippen MR) is 73.0 cm³/mol. The molecule has 0 N–H and O–H groups in total. The van der Waals surface area contributed by atoms with Crippen LogP contribution in [-0.4, -0.2) is 19.5 Å². The maximum absolute atomic E-state index is 10.9. The van der Waals surface area contributed by atoms with Crippen molar-refractivity contribution >= 4 is 11.9 Å². The van der Waals surface area contributed by atoms with Crippen LogP contribution in [0.15, 0.2) is 24.3 Å². The molecule has 0 bridgehead atoms. The second-order valence-electron chi connectivity index (χ2n) is 4.56. The zero-order valence-corrected chi connectivity index (χ0v) is 11.4. The molecule has 18 heavy (non-hydrogen) atoms. The summed E-state index contributed by atoms with van der Waals surface area (Å²) in [6, 6.07) is 5.61. The molecular weight excluding hydrogens is 228 g/mol. The molecule has 1 aromatic rings. The molecule has 0 aromatic heterocycles. The first-order valence-corrected chi connectivity index (χ1v) is 6.02. The number of carbonyl (C=O) groups excluding carboxylic acids is 1. The summed E-state index contributed by atoms with van der Waals surface area (Å²) >= 11 is 0. The Hall–Kier alpha value is -1.77. The third-order valence-electron chi connectivity index (χ3n) is 2.27. The third kappa shape index (κ3) is 4.62. The number of ketones is 1. The van der Waals surface area contributed by atoms with Crippen LogP contribution >= 0.6 is 0 Å². The number of methoxy groups -OCH3 is 1. The van der Waals surface area contributed by atoms with Crippen LogP contribution in [-0.2, 0) is 4.79 Å². The Morgan fingerprint density at radius 3 is 2.61 bits per heavy atom. The van der Waals surface area contributed by atoms with Crippen molar-refractivity contribution in [3.05, 3.63) is 29.8 Å². The second kappa shape index (κ2) is 6.84. The van der Waals surface area contributed by atoms with Gasteiger partial charge in [-0.05, 0) is 36.6 Å². The van der Waals surface area contributed by atoms with E-state index in [4.69, 9.17) is 9.47 Å². The molecule has 3 heteroatoms. The monoisotopic (exact) mass is 248 g/mol. The highest BCUT2D eigenvalue weighted by Gasteiger charge is 2.05. The van der Waals surface area contributed by atoms with Crippen molar-refractivity contribution in [3.63, 3.8) is 0 Å². The fourth-order valence-corrected chi connectivity index (χ4v) is 1.38. The van der Waals surface area contributed by atoms with Gasteiger partial charge >= 0.3 is 0 Å². The van der Waals surface area contributed by atoms with Crippen molar-refractivity contribution in [2.75, 3.05) is 13.7 Å². The SMILES string of the molecule is COc1ccc(/C=C/C(C)=O)cc1OCC(C)C. The Balaban J connectivity index is 2.90. The molecule has 0 spiro atoms. The number of allylic oxidation sites excluding steroid dienone is 1. The van der Waals surface area contributed by atoms with Gasteiger partial charge in [-0.2, -0.15) is 0 Å². The maximum atomic E-state index is 10.9. The molecule has 0 atom stereocenters. The Bertz CT molecular complexity index is 433. The van der Waals surface area contributed by atoms with E-state index in [2.05, 4.69) is 13.8 Å². The van der Waals surface area contributed by atoms with Gasteiger partial charge in [0.2, 0.25) is 0 Å². The molecule has 0 fully saturated rings. The number of ether oxygens (including phenoxy) is 2. The van der Waals surface area contributed by atoms with E-state index in [-0.39, 0.29) is 5.78 Å². The molecule has 0 radical (unpaired) electrons. The lowest BCUT2D eigenvalue weighted by atomic mass is 10.1. The van der Waals surface area contributed by atoms with Gasteiger partial charge in [0.1, 0.15) is 0 Å². The highest BCUT2D eigenvalue weighted by molar-refractivity contribution is 5.91. The van der Waals surface area contributed by atoms with Gasteiger partial charge in [0.15, 0.2) is 17.3 Å². The zero-order chi connectivity index (χ0) is 13.5. The second-order valence-corrected chi connectivity index (χ2v) is 4.56. The molecule has 0 aliphatic heterocycles. The van der Waals surface area contributed by atoms with Crippen molar-refractivity contribution in [3.8, 4) is 11.5 Å². The van der Waals surface area contributed by atoms with Crippen LogP contribution in [0.25, 0.3) is 6.08 Å². The minimum absolute atomic E-state index is 0.0236. The number of carbonyl (C=O) groups is 1. The first-order valence-electron chi connectivity index (χ1n) is 6.02. The molecule has 0 saturated heterocycles. The Morgan fingerprint density at radius 1 is 1.33 bits per heavy atom. The van der Waals surface area contributed by atoms with Gasteiger partial charge in [0, 0.05) is 0 Å². The van der Waals surface area contributed by atoms with Crippen LogP contribution in [0.4, 0.5) is 0 Å². The van der Waals surface area contributed by atoms with Crippen molar-refractivity contribution in [1.29, 1.82) is 0 Å². The summed E-state index contributed by atoms with van der Waals surface area (Å²) in [4.78, 5) is 10.9. The summed E-state index contributed by atoms with van der Waals surface area (Å²) in [5.74, 6) is 1.88. The number of rotatable bonds is 6. The van der Waals surface area contributed by atoms with Gasteiger partial charge in [-0.1, -0.05) is 26.0 Å². The number of hydrogen-bond acceptors (Lipinski definition) is 3. The van der Waals surface area contributed by atoms with E-state index < -0.39 is 0 Å². The highest BCUT2D eigenvalue weighted by atomic mass is 16.5. The molecule has 0 aliphatic rings. The van der Waals surface area contributed by atoms with E-state index >= 15 is 0 Å². The zero-order valence-electron chi connectivity index (χ0n) is 11.4. The lowest BCUT2D eigenvalue weighted by Gasteiger charge is -2.12. The number of benzene rings is 1. The standard InChI is InChI=1S/C15H20O3/c1-11(2)10-18-15-9-13(6-5-12(3)16)7-8-14(15)17-4/h5-9,11H,10H2,1-4H3/b6-5+. The van der Waals surface area contributed by atoms with E-state index in [1.165, 1.54) is 13.0 Å². The summed E-state index contributed by atoms with van der Waals surface area (Å²) < 4.78 is 10.9.